The molecular weight excluding hydrogens is 350 g/mol. The van der Waals surface area contributed by atoms with Gasteiger partial charge in [0.15, 0.2) is 9.84 Å². The maximum Gasteiger partial charge on any atom is 0.253 e. The zero-order valence-corrected chi connectivity index (χ0v) is 15.2. The highest BCUT2D eigenvalue weighted by Gasteiger charge is 2.32. The molecule has 7 heteroatoms. The summed E-state index contributed by atoms with van der Waals surface area (Å²) in [5, 5.41) is 1.03. The number of carbonyl (C=O) groups is 1. The summed E-state index contributed by atoms with van der Waals surface area (Å²) in [5.41, 5.74) is 3.35. The van der Waals surface area contributed by atoms with Crippen molar-refractivity contribution in [1.29, 1.82) is 0 Å². The summed E-state index contributed by atoms with van der Waals surface area (Å²) in [4.78, 5) is 21.6. The summed E-state index contributed by atoms with van der Waals surface area (Å²) in [6, 6.07) is 11.1. The van der Waals surface area contributed by atoms with E-state index in [9.17, 15) is 13.2 Å². The van der Waals surface area contributed by atoms with Crippen LogP contribution in [0.5, 0.6) is 0 Å². The minimum absolute atomic E-state index is 0.0513. The quantitative estimate of drug-likeness (QED) is 0.769. The van der Waals surface area contributed by atoms with Crippen LogP contribution < -0.4 is 0 Å². The summed E-state index contributed by atoms with van der Waals surface area (Å²) < 4.78 is 23.3. The predicted molar refractivity (Wildman–Crippen MR) is 101 cm³/mol. The molecule has 0 radical (unpaired) electrons. The van der Waals surface area contributed by atoms with E-state index < -0.39 is 9.84 Å². The Balaban J connectivity index is 1.54. The molecular formula is C19H19N3O3S. The van der Waals surface area contributed by atoms with Crippen LogP contribution in [0.3, 0.4) is 0 Å². The molecule has 3 aromatic rings. The van der Waals surface area contributed by atoms with Crippen LogP contribution in [-0.4, -0.2) is 53.8 Å². The van der Waals surface area contributed by atoms with Crippen molar-refractivity contribution in [2.75, 3.05) is 18.6 Å². The van der Waals surface area contributed by atoms with E-state index in [4.69, 9.17) is 0 Å². The lowest BCUT2D eigenvalue weighted by atomic mass is 10.0. The smallest absolute Gasteiger partial charge is 0.253 e. The third kappa shape index (κ3) is 3.10. The van der Waals surface area contributed by atoms with Gasteiger partial charge in [0.2, 0.25) is 0 Å². The highest BCUT2D eigenvalue weighted by atomic mass is 32.2. The topological polar surface area (TPSA) is 83.1 Å². The van der Waals surface area contributed by atoms with Gasteiger partial charge in [-0.05, 0) is 36.2 Å². The molecule has 1 saturated heterocycles. The number of sulfone groups is 1. The van der Waals surface area contributed by atoms with Crippen molar-refractivity contribution in [2.24, 2.45) is 0 Å². The lowest BCUT2D eigenvalue weighted by Gasteiger charge is -2.23. The number of nitrogens with one attached hydrogen (secondary N) is 1. The molecule has 134 valence electrons. The number of fused-ring (bicyclic) bond motifs is 1. The van der Waals surface area contributed by atoms with Crippen molar-refractivity contribution in [3.05, 3.63) is 54.4 Å². The molecule has 1 N–H and O–H groups in total. The molecule has 2 aromatic heterocycles. The van der Waals surface area contributed by atoms with Gasteiger partial charge in [-0.2, -0.15) is 0 Å². The van der Waals surface area contributed by atoms with Gasteiger partial charge in [-0.1, -0.05) is 12.1 Å². The van der Waals surface area contributed by atoms with E-state index in [1.165, 1.54) is 0 Å². The SMILES string of the molecule is CN(C(=O)c1ccc(-c2cnc3[nH]ccc3c2)cc1)C1CCS(=O)(=O)C1. The predicted octanol–water partition coefficient (Wildman–Crippen LogP) is 2.49. The summed E-state index contributed by atoms with van der Waals surface area (Å²) in [7, 11) is -1.34. The first-order valence-corrected chi connectivity index (χ1v) is 10.3. The van der Waals surface area contributed by atoms with Gasteiger partial charge >= 0.3 is 0 Å². The Bertz CT molecular complexity index is 1070. The zero-order chi connectivity index (χ0) is 18.3. The molecule has 1 unspecified atom stereocenters. The number of hydrogen-bond donors (Lipinski definition) is 1. The van der Waals surface area contributed by atoms with Crippen LogP contribution in [0.2, 0.25) is 0 Å². The minimum atomic E-state index is -3.02. The fraction of sp³-hybridized carbons (Fsp3) is 0.263. The minimum Gasteiger partial charge on any atom is -0.346 e. The van der Waals surface area contributed by atoms with Crippen LogP contribution in [-0.2, 0) is 9.84 Å². The van der Waals surface area contributed by atoms with Gasteiger partial charge in [-0.3, -0.25) is 4.79 Å². The third-order valence-electron chi connectivity index (χ3n) is 4.94. The van der Waals surface area contributed by atoms with Gasteiger partial charge in [-0.25, -0.2) is 13.4 Å². The number of amides is 1. The molecule has 1 fully saturated rings. The van der Waals surface area contributed by atoms with Gasteiger partial charge < -0.3 is 9.88 Å². The summed E-state index contributed by atoms with van der Waals surface area (Å²) >= 11 is 0. The molecule has 1 amide bonds. The second-order valence-electron chi connectivity index (χ2n) is 6.69. The van der Waals surface area contributed by atoms with Crippen LogP contribution >= 0.6 is 0 Å². The Morgan fingerprint density at radius 3 is 2.65 bits per heavy atom. The maximum absolute atomic E-state index is 12.6. The maximum atomic E-state index is 12.6. The number of aromatic amines is 1. The first kappa shape index (κ1) is 16.8. The normalized spacial score (nSPS) is 18.9. The first-order valence-electron chi connectivity index (χ1n) is 8.44. The van der Waals surface area contributed by atoms with Crippen molar-refractivity contribution in [3.8, 4) is 11.1 Å². The van der Waals surface area contributed by atoms with Crippen LogP contribution in [0.1, 0.15) is 16.8 Å². The van der Waals surface area contributed by atoms with Crippen molar-refractivity contribution >= 4 is 26.8 Å². The number of rotatable bonds is 3. The number of aromatic nitrogens is 2. The molecule has 1 atom stereocenters. The Morgan fingerprint density at radius 1 is 1.19 bits per heavy atom. The van der Waals surface area contributed by atoms with Crippen LogP contribution in [0.4, 0.5) is 0 Å². The van der Waals surface area contributed by atoms with E-state index in [2.05, 4.69) is 9.97 Å². The Kier molecular flexibility index (Phi) is 4.03. The summed E-state index contributed by atoms with van der Waals surface area (Å²) in [6.07, 6.45) is 4.15. The molecule has 0 spiro atoms. The van der Waals surface area contributed by atoms with Crippen molar-refractivity contribution in [3.63, 3.8) is 0 Å². The van der Waals surface area contributed by atoms with E-state index in [1.807, 2.05) is 30.5 Å². The fourth-order valence-corrected chi connectivity index (χ4v) is 5.13. The molecule has 1 aromatic carbocycles. The molecule has 6 nitrogen and oxygen atoms in total. The number of hydrogen-bond acceptors (Lipinski definition) is 4. The lowest BCUT2D eigenvalue weighted by Crippen LogP contribution is -2.37. The third-order valence-corrected chi connectivity index (χ3v) is 6.69. The van der Waals surface area contributed by atoms with Gasteiger partial charge in [-0.15, -0.1) is 0 Å². The number of pyridine rings is 1. The Labute approximate surface area is 151 Å². The van der Waals surface area contributed by atoms with Crippen LogP contribution in [0, 0.1) is 0 Å². The van der Waals surface area contributed by atoms with E-state index in [0.717, 1.165) is 22.2 Å². The second kappa shape index (κ2) is 6.25. The van der Waals surface area contributed by atoms with Gasteiger partial charge in [0.25, 0.3) is 5.91 Å². The van der Waals surface area contributed by atoms with E-state index >= 15 is 0 Å². The van der Waals surface area contributed by atoms with Crippen molar-refractivity contribution < 1.29 is 13.2 Å². The fourth-order valence-electron chi connectivity index (χ4n) is 3.35. The average Bonchev–Trinajstić information content (AvgIpc) is 3.25. The van der Waals surface area contributed by atoms with E-state index in [-0.39, 0.29) is 23.5 Å². The molecule has 0 bridgehead atoms. The summed E-state index contributed by atoms with van der Waals surface area (Å²) in [6.45, 7) is 0. The monoisotopic (exact) mass is 369 g/mol. The molecule has 3 heterocycles. The highest BCUT2D eigenvalue weighted by Crippen LogP contribution is 2.24. The van der Waals surface area contributed by atoms with Gasteiger partial charge in [0.1, 0.15) is 5.65 Å². The number of H-pyrrole nitrogens is 1. The Hall–Kier alpha value is -2.67. The summed E-state index contributed by atoms with van der Waals surface area (Å²) in [5.74, 6) is 0.0521. The van der Waals surface area contributed by atoms with E-state index in [1.54, 1.807) is 30.3 Å². The van der Waals surface area contributed by atoms with Crippen LogP contribution in [0.25, 0.3) is 22.2 Å². The number of nitrogens with zero attached hydrogens (tertiary/aromatic N) is 2. The first-order chi connectivity index (χ1) is 12.4. The van der Waals surface area contributed by atoms with E-state index in [0.29, 0.717) is 12.0 Å². The second-order valence-corrected chi connectivity index (χ2v) is 8.92. The number of benzene rings is 1. The molecule has 0 aliphatic carbocycles. The number of carbonyl (C=O) groups excluding carboxylic acids is 1. The molecule has 1 aliphatic heterocycles. The lowest BCUT2D eigenvalue weighted by molar-refractivity contribution is 0.0747. The molecule has 1 aliphatic rings. The van der Waals surface area contributed by atoms with Crippen molar-refractivity contribution in [2.45, 2.75) is 12.5 Å². The Morgan fingerprint density at radius 2 is 1.96 bits per heavy atom. The molecule has 0 saturated carbocycles. The standard InChI is InChI=1S/C19H19N3O3S/c1-22(17-7-9-26(24,25)12-17)19(23)14-4-2-13(3-5-14)16-10-15-6-8-20-18(15)21-11-16/h2-6,8,10-11,17H,7,9,12H2,1H3,(H,20,21). The largest absolute Gasteiger partial charge is 0.346 e. The average molecular weight is 369 g/mol. The molecule has 4 rings (SSSR count). The molecule has 26 heavy (non-hydrogen) atoms. The zero-order valence-electron chi connectivity index (χ0n) is 14.3. The van der Waals surface area contributed by atoms with Crippen molar-refractivity contribution in [1.82, 2.24) is 14.9 Å². The highest BCUT2D eigenvalue weighted by molar-refractivity contribution is 7.91. The van der Waals surface area contributed by atoms with Crippen LogP contribution in [0.15, 0.2) is 48.8 Å². The van der Waals surface area contributed by atoms with Gasteiger partial charge in [0, 0.05) is 42.0 Å². The van der Waals surface area contributed by atoms with Gasteiger partial charge in [0.05, 0.1) is 11.5 Å².